The lowest BCUT2D eigenvalue weighted by atomic mass is 9.91. The zero-order valence-corrected chi connectivity index (χ0v) is 10.4. The summed E-state index contributed by atoms with van der Waals surface area (Å²) in [4.78, 5) is 0. The van der Waals surface area contributed by atoms with Crippen LogP contribution in [0.5, 0.6) is 5.75 Å². The summed E-state index contributed by atoms with van der Waals surface area (Å²) < 4.78 is 5.19. The third kappa shape index (κ3) is 4.23. The van der Waals surface area contributed by atoms with Gasteiger partial charge < -0.3 is 9.84 Å². The molecule has 0 saturated heterocycles. The fourth-order valence-electron chi connectivity index (χ4n) is 2.02. The quantitative estimate of drug-likeness (QED) is 0.802. The van der Waals surface area contributed by atoms with E-state index in [1.807, 2.05) is 18.2 Å². The zero-order chi connectivity index (χ0) is 12.0. The summed E-state index contributed by atoms with van der Waals surface area (Å²) in [5, 5.41) is 9.33. The number of benzene rings is 1. The molecule has 90 valence electrons. The first-order valence-electron chi connectivity index (χ1n) is 5.89. The molecule has 16 heavy (non-hydrogen) atoms. The standard InChI is InChI=1S/C14H22O2/c1-11(2)7-13(10-15)8-12-5-4-6-14(9-12)16-3/h4-6,9,11,13,15H,7-8,10H2,1-3H3. The molecule has 0 heterocycles. The number of hydrogen-bond acceptors (Lipinski definition) is 2. The molecule has 0 amide bonds. The van der Waals surface area contributed by atoms with Gasteiger partial charge >= 0.3 is 0 Å². The second-order valence-corrected chi connectivity index (χ2v) is 4.73. The number of ether oxygens (including phenoxy) is 1. The van der Waals surface area contributed by atoms with Gasteiger partial charge in [0.2, 0.25) is 0 Å². The summed E-state index contributed by atoms with van der Waals surface area (Å²) in [7, 11) is 1.68. The maximum Gasteiger partial charge on any atom is 0.119 e. The van der Waals surface area contributed by atoms with Gasteiger partial charge in [-0.05, 0) is 42.4 Å². The van der Waals surface area contributed by atoms with E-state index in [1.54, 1.807) is 7.11 Å². The number of methoxy groups -OCH3 is 1. The van der Waals surface area contributed by atoms with E-state index in [1.165, 1.54) is 5.56 Å². The van der Waals surface area contributed by atoms with Crippen molar-refractivity contribution >= 4 is 0 Å². The number of rotatable bonds is 6. The Morgan fingerprint density at radius 1 is 1.31 bits per heavy atom. The fraction of sp³-hybridized carbons (Fsp3) is 0.571. The van der Waals surface area contributed by atoms with Gasteiger partial charge in [-0.25, -0.2) is 0 Å². The zero-order valence-electron chi connectivity index (χ0n) is 10.4. The molecule has 0 aliphatic carbocycles. The Balaban J connectivity index is 2.62. The number of aliphatic hydroxyl groups is 1. The van der Waals surface area contributed by atoms with E-state index in [0.717, 1.165) is 18.6 Å². The Bertz CT molecular complexity index is 307. The van der Waals surface area contributed by atoms with Crippen LogP contribution in [0, 0.1) is 11.8 Å². The first-order chi connectivity index (χ1) is 7.65. The Kier molecular flexibility index (Phi) is 5.33. The summed E-state index contributed by atoms with van der Waals surface area (Å²) in [6.07, 6.45) is 1.99. The topological polar surface area (TPSA) is 29.5 Å². The Morgan fingerprint density at radius 3 is 2.62 bits per heavy atom. The molecule has 0 spiro atoms. The fourth-order valence-corrected chi connectivity index (χ4v) is 2.02. The first-order valence-corrected chi connectivity index (χ1v) is 5.89. The molecule has 1 aromatic carbocycles. The van der Waals surface area contributed by atoms with Crippen molar-refractivity contribution < 1.29 is 9.84 Å². The van der Waals surface area contributed by atoms with Crippen LogP contribution in [0.2, 0.25) is 0 Å². The second-order valence-electron chi connectivity index (χ2n) is 4.73. The molecule has 1 N–H and O–H groups in total. The summed E-state index contributed by atoms with van der Waals surface area (Å²) in [6.45, 7) is 4.64. The molecule has 0 aliphatic rings. The normalized spacial score (nSPS) is 12.8. The lowest BCUT2D eigenvalue weighted by molar-refractivity contribution is 0.205. The Morgan fingerprint density at radius 2 is 2.06 bits per heavy atom. The molecule has 0 saturated carbocycles. The Labute approximate surface area is 98.3 Å². The van der Waals surface area contributed by atoms with Gasteiger partial charge in [-0.1, -0.05) is 26.0 Å². The predicted molar refractivity (Wildman–Crippen MR) is 66.7 cm³/mol. The van der Waals surface area contributed by atoms with Gasteiger partial charge in [0, 0.05) is 6.61 Å². The minimum Gasteiger partial charge on any atom is -0.497 e. The van der Waals surface area contributed by atoms with Crippen LogP contribution in [-0.2, 0) is 6.42 Å². The summed E-state index contributed by atoms with van der Waals surface area (Å²) in [5.74, 6) is 1.87. The lowest BCUT2D eigenvalue weighted by Crippen LogP contribution is -2.12. The minimum atomic E-state index is 0.259. The van der Waals surface area contributed by atoms with Gasteiger partial charge in [-0.3, -0.25) is 0 Å². The van der Waals surface area contributed by atoms with Crippen molar-refractivity contribution in [3.8, 4) is 5.75 Å². The maximum atomic E-state index is 9.33. The summed E-state index contributed by atoms with van der Waals surface area (Å²) in [6, 6.07) is 8.08. The van der Waals surface area contributed by atoms with Crippen LogP contribution in [0.15, 0.2) is 24.3 Å². The van der Waals surface area contributed by atoms with Crippen LogP contribution in [0.4, 0.5) is 0 Å². The van der Waals surface area contributed by atoms with E-state index in [-0.39, 0.29) is 6.61 Å². The highest BCUT2D eigenvalue weighted by Gasteiger charge is 2.11. The highest BCUT2D eigenvalue weighted by atomic mass is 16.5. The molecule has 1 atom stereocenters. The number of hydrogen-bond donors (Lipinski definition) is 1. The van der Waals surface area contributed by atoms with Crippen molar-refractivity contribution in [3.05, 3.63) is 29.8 Å². The first kappa shape index (κ1) is 13.0. The van der Waals surface area contributed by atoms with Crippen LogP contribution in [0.1, 0.15) is 25.8 Å². The van der Waals surface area contributed by atoms with Crippen LogP contribution in [0.3, 0.4) is 0 Å². The molecule has 0 aliphatic heterocycles. The van der Waals surface area contributed by atoms with Crippen LogP contribution >= 0.6 is 0 Å². The number of aliphatic hydroxyl groups excluding tert-OH is 1. The molecule has 0 bridgehead atoms. The molecule has 0 aromatic heterocycles. The summed E-state index contributed by atoms with van der Waals surface area (Å²) in [5.41, 5.74) is 1.24. The average molecular weight is 222 g/mol. The van der Waals surface area contributed by atoms with Gasteiger partial charge in [0.15, 0.2) is 0 Å². The van der Waals surface area contributed by atoms with Gasteiger partial charge in [-0.15, -0.1) is 0 Å². The predicted octanol–water partition coefficient (Wildman–Crippen LogP) is 2.89. The monoisotopic (exact) mass is 222 g/mol. The van der Waals surface area contributed by atoms with E-state index in [2.05, 4.69) is 19.9 Å². The SMILES string of the molecule is COc1cccc(CC(CO)CC(C)C)c1. The third-order valence-corrected chi connectivity index (χ3v) is 2.72. The van der Waals surface area contributed by atoms with Crippen molar-refractivity contribution in [2.45, 2.75) is 26.7 Å². The van der Waals surface area contributed by atoms with Crippen molar-refractivity contribution in [1.29, 1.82) is 0 Å². The van der Waals surface area contributed by atoms with E-state index < -0.39 is 0 Å². The van der Waals surface area contributed by atoms with Crippen molar-refractivity contribution in [3.63, 3.8) is 0 Å². The van der Waals surface area contributed by atoms with Crippen molar-refractivity contribution in [2.24, 2.45) is 11.8 Å². The maximum absolute atomic E-state index is 9.33. The summed E-state index contributed by atoms with van der Waals surface area (Å²) >= 11 is 0. The molecule has 1 unspecified atom stereocenters. The molecule has 0 fully saturated rings. The molecule has 2 nitrogen and oxygen atoms in total. The van der Waals surface area contributed by atoms with E-state index in [4.69, 9.17) is 4.74 Å². The second kappa shape index (κ2) is 6.54. The van der Waals surface area contributed by atoms with Gasteiger partial charge in [0.05, 0.1) is 7.11 Å². The minimum absolute atomic E-state index is 0.259. The largest absolute Gasteiger partial charge is 0.497 e. The van der Waals surface area contributed by atoms with Crippen molar-refractivity contribution in [1.82, 2.24) is 0 Å². The van der Waals surface area contributed by atoms with Crippen LogP contribution in [0.25, 0.3) is 0 Å². The molecule has 0 radical (unpaired) electrons. The van der Waals surface area contributed by atoms with E-state index in [9.17, 15) is 5.11 Å². The third-order valence-electron chi connectivity index (χ3n) is 2.72. The highest BCUT2D eigenvalue weighted by molar-refractivity contribution is 5.28. The average Bonchev–Trinajstić information content (AvgIpc) is 2.28. The van der Waals surface area contributed by atoms with Gasteiger partial charge in [0.1, 0.15) is 5.75 Å². The van der Waals surface area contributed by atoms with Crippen molar-refractivity contribution in [2.75, 3.05) is 13.7 Å². The molecular formula is C14H22O2. The van der Waals surface area contributed by atoms with Gasteiger partial charge in [0.25, 0.3) is 0 Å². The smallest absolute Gasteiger partial charge is 0.119 e. The van der Waals surface area contributed by atoms with Gasteiger partial charge in [-0.2, -0.15) is 0 Å². The van der Waals surface area contributed by atoms with E-state index in [0.29, 0.717) is 11.8 Å². The van der Waals surface area contributed by atoms with E-state index >= 15 is 0 Å². The Hall–Kier alpha value is -1.02. The molecular weight excluding hydrogens is 200 g/mol. The van der Waals surface area contributed by atoms with Crippen LogP contribution < -0.4 is 4.74 Å². The molecule has 1 rings (SSSR count). The molecule has 1 aromatic rings. The van der Waals surface area contributed by atoms with Crippen LogP contribution in [-0.4, -0.2) is 18.8 Å². The molecule has 2 heteroatoms. The highest BCUT2D eigenvalue weighted by Crippen LogP contribution is 2.19. The lowest BCUT2D eigenvalue weighted by Gasteiger charge is -2.16.